The third kappa shape index (κ3) is 4.66. The normalized spacial score (nSPS) is 20.3. The Hall–Kier alpha value is -2.28. The molecule has 0 unspecified atom stereocenters. The quantitative estimate of drug-likeness (QED) is 0.741. The first-order valence-corrected chi connectivity index (χ1v) is 10.7. The molecule has 0 saturated carbocycles. The van der Waals surface area contributed by atoms with E-state index in [1.54, 1.807) is 6.20 Å². The van der Waals surface area contributed by atoms with E-state index in [9.17, 15) is 4.79 Å². The molecule has 7 nitrogen and oxygen atoms in total. The number of rotatable bonds is 6. The Kier molecular flexibility index (Phi) is 6.23. The van der Waals surface area contributed by atoms with E-state index in [0.29, 0.717) is 24.3 Å². The molecule has 29 heavy (non-hydrogen) atoms. The van der Waals surface area contributed by atoms with Crippen LogP contribution in [0.15, 0.2) is 16.9 Å². The molecular weight excluding hydrogens is 368 g/mol. The van der Waals surface area contributed by atoms with Crippen LogP contribution in [0.3, 0.4) is 0 Å². The fourth-order valence-electron chi connectivity index (χ4n) is 4.56. The summed E-state index contributed by atoms with van der Waals surface area (Å²) in [5.74, 6) is 1.56. The summed E-state index contributed by atoms with van der Waals surface area (Å²) >= 11 is 0. The highest BCUT2D eigenvalue weighted by atomic mass is 16.5. The molecule has 4 heterocycles. The largest absolute Gasteiger partial charge is 0.381 e. The van der Waals surface area contributed by atoms with E-state index < -0.39 is 0 Å². The van der Waals surface area contributed by atoms with Crippen molar-refractivity contribution >= 4 is 5.91 Å². The number of ether oxygens (including phenoxy) is 1. The van der Waals surface area contributed by atoms with Gasteiger partial charge in [0.05, 0.1) is 28.8 Å². The molecule has 2 fully saturated rings. The van der Waals surface area contributed by atoms with Crippen LogP contribution in [0, 0.1) is 19.8 Å². The smallest absolute Gasteiger partial charge is 0.223 e. The lowest BCUT2D eigenvalue weighted by Crippen LogP contribution is -2.37. The van der Waals surface area contributed by atoms with Gasteiger partial charge in [0.25, 0.3) is 0 Å². The van der Waals surface area contributed by atoms with E-state index in [1.807, 2.05) is 20.0 Å². The monoisotopic (exact) mass is 398 g/mol. The zero-order valence-corrected chi connectivity index (χ0v) is 17.4. The maximum absolute atomic E-state index is 12.8. The molecule has 1 amide bonds. The molecule has 0 spiro atoms. The number of carbonyl (C=O) groups is 1. The maximum Gasteiger partial charge on any atom is 0.223 e. The minimum Gasteiger partial charge on any atom is -0.381 e. The average molecular weight is 399 g/mol. The van der Waals surface area contributed by atoms with Crippen molar-refractivity contribution in [2.75, 3.05) is 19.8 Å². The molecule has 0 aromatic carbocycles. The highest BCUT2D eigenvalue weighted by molar-refractivity contribution is 5.77. The number of hydrogen-bond acceptors (Lipinski definition) is 6. The lowest BCUT2D eigenvalue weighted by atomic mass is 9.95. The van der Waals surface area contributed by atoms with Crippen molar-refractivity contribution in [3.63, 3.8) is 0 Å². The van der Waals surface area contributed by atoms with Gasteiger partial charge in [-0.05, 0) is 58.3 Å². The predicted octanol–water partition coefficient (Wildman–Crippen LogP) is 3.49. The number of likely N-dealkylation sites (tertiary alicyclic amines) is 1. The van der Waals surface area contributed by atoms with Crippen molar-refractivity contribution in [2.45, 2.75) is 64.8 Å². The van der Waals surface area contributed by atoms with Crippen molar-refractivity contribution < 1.29 is 14.1 Å². The van der Waals surface area contributed by atoms with Crippen LogP contribution in [-0.2, 0) is 16.0 Å². The summed E-state index contributed by atoms with van der Waals surface area (Å²) in [4.78, 5) is 24.1. The van der Waals surface area contributed by atoms with Crippen LogP contribution in [0.2, 0.25) is 0 Å². The summed E-state index contributed by atoms with van der Waals surface area (Å²) in [5.41, 5.74) is 3.50. The van der Waals surface area contributed by atoms with Crippen molar-refractivity contribution in [2.24, 2.45) is 5.92 Å². The molecular formula is C22H30N4O3. The predicted molar refractivity (Wildman–Crippen MR) is 108 cm³/mol. The fraction of sp³-hybridized carbons (Fsp3) is 0.636. The minimum atomic E-state index is 0.319. The van der Waals surface area contributed by atoms with Gasteiger partial charge in [-0.1, -0.05) is 5.16 Å². The van der Waals surface area contributed by atoms with Gasteiger partial charge < -0.3 is 14.2 Å². The molecule has 2 aliphatic heterocycles. The minimum absolute atomic E-state index is 0.319. The summed E-state index contributed by atoms with van der Waals surface area (Å²) < 4.78 is 10.6. The number of aryl methyl sites for hydroxylation is 3. The Bertz CT molecular complexity index is 808. The Labute approximate surface area is 171 Å². The molecule has 2 aliphatic rings. The lowest BCUT2D eigenvalue weighted by Gasteiger charge is -2.28. The Morgan fingerprint density at radius 3 is 2.69 bits per heavy atom. The zero-order chi connectivity index (χ0) is 20.2. The highest BCUT2D eigenvalue weighted by Crippen LogP contribution is 2.27. The van der Waals surface area contributed by atoms with Crippen LogP contribution in [0.25, 0.3) is 11.3 Å². The third-order valence-electron chi connectivity index (χ3n) is 6.23. The van der Waals surface area contributed by atoms with E-state index in [-0.39, 0.29) is 0 Å². The van der Waals surface area contributed by atoms with Gasteiger partial charge in [-0.2, -0.15) is 0 Å². The summed E-state index contributed by atoms with van der Waals surface area (Å²) in [6.07, 6.45) is 10.3. The van der Waals surface area contributed by atoms with Gasteiger partial charge in [0.2, 0.25) is 5.91 Å². The van der Waals surface area contributed by atoms with Crippen LogP contribution in [0.4, 0.5) is 0 Å². The Balaban J connectivity index is 1.32. The molecule has 0 radical (unpaired) electrons. The molecule has 156 valence electrons. The standard InChI is InChI=1S/C22H30N4O3/c1-15-22(16(2)29-25-15)20-14-23-18(13-24-20)5-6-19-4-3-9-26(19)21(27)12-17-7-10-28-11-8-17/h13-14,17,19H,3-12H2,1-2H3/t19-/m1/s1. The second-order valence-corrected chi connectivity index (χ2v) is 8.27. The molecule has 2 aromatic heterocycles. The van der Waals surface area contributed by atoms with Crippen LogP contribution in [-0.4, -0.2) is 51.7 Å². The summed E-state index contributed by atoms with van der Waals surface area (Å²) in [6.45, 7) is 6.28. The molecule has 1 atom stereocenters. The second kappa shape index (κ2) is 9.03. The first kappa shape index (κ1) is 20.0. The Morgan fingerprint density at radius 2 is 2.00 bits per heavy atom. The van der Waals surface area contributed by atoms with E-state index in [0.717, 1.165) is 86.7 Å². The van der Waals surface area contributed by atoms with Crippen molar-refractivity contribution in [3.8, 4) is 11.3 Å². The summed E-state index contributed by atoms with van der Waals surface area (Å²) in [7, 11) is 0. The van der Waals surface area contributed by atoms with Crippen molar-refractivity contribution in [1.29, 1.82) is 0 Å². The molecule has 0 N–H and O–H groups in total. The number of aromatic nitrogens is 3. The van der Waals surface area contributed by atoms with E-state index in [4.69, 9.17) is 9.26 Å². The van der Waals surface area contributed by atoms with Gasteiger partial charge >= 0.3 is 0 Å². The average Bonchev–Trinajstić information content (AvgIpc) is 3.34. The SMILES string of the molecule is Cc1noc(C)c1-c1cnc(CC[C@H]2CCCN2C(=O)CC2CCOCC2)cn1. The molecule has 0 aliphatic carbocycles. The van der Waals surface area contributed by atoms with E-state index in [1.165, 1.54) is 0 Å². The van der Waals surface area contributed by atoms with Crippen molar-refractivity contribution in [3.05, 3.63) is 29.5 Å². The van der Waals surface area contributed by atoms with Crippen LogP contribution >= 0.6 is 0 Å². The molecule has 4 rings (SSSR count). The number of carbonyl (C=O) groups excluding carboxylic acids is 1. The summed E-state index contributed by atoms with van der Waals surface area (Å²) in [6, 6.07) is 0.325. The lowest BCUT2D eigenvalue weighted by molar-refractivity contribution is -0.133. The van der Waals surface area contributed by atoms with E-state index >= 15 is 0 Å². The third-order valence-corrected chi connectivity index (χ3v) is 6.23. The van der Waals surface area contributed by atoms with Gasteiger partial charge in [0, 0.05) is 38.4 Å². The maximum atomic E-state index is 12.8. The fourth-order valence-corrected chi connectivity index (χ4v) is 4.56. The zero-order valence-electron chi connectivity index (χ0n) is 17.4. The van der Waals surface area contributed by atoms with Crippen LogP contribution in [0.5, 0.6) is 0 Å². The second-order valence-electron chi connectivity index (χ2n) is 8.27. The van der Waals surface area contributed by atoms with Gasteiger partial charge in [0.1, 0.15) is 5.76 Å². The van der Waals surface area contributed by atoms with Gasteiger partial charge in [0.15, 0.2) is 0 Å². The van der Waals surface area contributed by atoms with Crippen molar-refractivity contribution in [1.82, 2.24) is 20.0 Å². The van der Waals surface area contributed by atoms with E-state index in [2.05, 4.69) is 20.0 Å². The Morgan fingerprint density at radius 1 is 1.17 bits per heavy atom. The molecule has 2 aromatic rings. The number of amides is 1. The van der Waals surface area contributed by atoms with Crippen LogP contribution < -0.4 is 0 Å². The summed E-state index contributed by atoms with van der Waals surface area (Å²) in [5, 5.41) is 3.98. The first-order valence-electron chi connectivity index (χ1n) is 10.7. The topological polar surface area (TPSA) is 81.4 Å². The number of hydrogen-bond donors (Lipinski definition) is 0. The van der Waals surface area contributed by atoms with Gasteiger partial charge in [-0.25, -0.2) is 0 Å². The molecule has 7 heteroatoms. The highest BCUT2D eigenvalue weighted by Gasteiger charge is 2.30. The molecule has 0 bridgehead atoms. The van der Waals surface area contributed by atoms with Crippen LogP contribution in [0.1, 0.15) is 55.7 Å². The van der Waals surface area contributed by atoms with Gasteiger partial charge in [-0.15, -0.1) is 0 Å². The van der Waals surface area contributed by atoms with Gasteiger partial charge in [-0.3, -0.25) is 14.8 Å². The first-order chi connectivity index (χ1) is 14.1. The molecule has 2 saturated heterocycles. The number of nitrogens with zero attached hydrogens (tertiary/aromatic N) is 4.